The van der Waals surface area contributed by atoms with Gasteiger partial charge in [0.1, 0.15) is 5.82 Å². The number of halogens is 1. The molecule has 2 aromatic rings. The van der Waals surface area contributed by atoms with Crippen LogP contribution in [0, 0.1) is 5.82 Å². The van der Waals surface area contributed by atoms with Crippen LogP contribution in [0.1, 0.15) is 0 Å². The molecule has 0 unspecified atom stereocenters. The van der Waals surface area contributed by atoms with Gasteiger partial charge in [0.25, 0.3) is 0 Å². The monoisotopic (exact) mass is 246 g/mol. The van der Waals surface area contributed by atoms with Gasteiger partial charge in [0.2, 0.25) is 5.95 Å². The molecule has 0 aliphatic heterocycles. The smallest absolute Gasteiger partial charge is 0.225 e. The fourth-order valence-electron chi connectivity index (χ4n) is 1.63. The summed E-state index contributed by atoms with van der Waals surface area (Å²) in [4.78, 5) is 10.4. The summed E-state index contributed by atoms with van der Waals surface area (Å²) in [5, 5.41) is 0. The average molecular weight is 246 g/mol. The third kappa shape index (κ3) is 2.81. The van der Waals surface area contributed by atoms with E-state index in [-0.39, 0.29) is 5.82 Å². The van der Waals surface area contributed by atoms with E-state index in [1.807, 2.05) is 18.0 Å². The van der Waals surface area contributed by atoms with Crippen molar-refractivity contribution in [3.8, 4) is 11.3 Å². The largest absolute Gasteiger partial charge is 0.343 e. The Hall–Kier alpha value is -2.01. The molecule has 2 N–H and O–H groups in total. The highest BCUT2D eigenvalue weighted by atomic mass is 19.1. The molecule has 0 radical (unpaired) electrons. The molecule has 1 aromatic carbocycles. The quantitative estimate of drug-likeness (QED) is 0.891. The molecule has 0 saturated heterocycles. The third-order valence-corrected chi connectivity index (χ3v) is 2.57. The second-order valence-corrected chi connectivity index (χ2v) is 3.96. The number of nitrogens with zero attached hydrogens (tertiary/aromatic N) is 3. The zero-order valence-electron chi connectivity index (χ0n) is 10.2. The Morgan fingerprint density at radius 2 is 2.17 bits per heavy atom. The van der Waals surface area contributed by atoms with Crippen molar-refractivity contribution in [2.75, 3.05) is 25.0 Å². The van der Waals surface area contributed by atoms with Gasteiger partial charge in [-0.3, -0.25) is 0 Å². The number of hydrogen-bond acceptors (Lipinski definition) is 4. The van der Waals surface area contributed by atoms with Crippen LogP contribution in [0.3, 0.4) is 0 Å². The maximum Gasteiger partial charge on any atom is 0.225 e. The second kappa shape index (κ2) is 5.55. The predicted molar refractivity (Wildman–Crippen MR) is 69.8 cm³/mol. The number of rotatable bonds is 4. The lowest BCUT2D eigenvalue weighted by Crippen LogP contribution is -2.26. The van der Waals surface area contributed by atoms with Crippen LogP contribution in [0.4, 0.5) is 10.3 Å². The molecule has 5 heteroatoms. The number of hydrogen-bond donors (Lipinski definition) is 1. The molecule has 0 bridgehead atoms. The van der Waals surface area contributed by atoms with Gasteiger partial charge in [-0.15, -0.1) is 0 Å². The van der Waals surface area contributed by atoms with Crippen molar-refractivity contribution in [3.05, 3.63) is 42.3 Å². The van der Waals surface area contributed by atoms with E-state index in [2.05, 4.69) is 9.97 Å². The summed E-state index contributed by atoms with van der Waals surface area (Å²) in [5.74, 6) is 0.310. The lowest BCUT2D eigenvalue weighted by atomic mass is 10.1. The van der Waals surface area contributed by atoms with Crippen LogP contribution in [0.5, 0.6) is 0 Å². The zero-order chi connectivity index (χ0) is 13.0. The minimum absolute atomic E-state index is 0.275. The summed E-state index contributed by atoms with van der Waals surface area (Å²) < 4.78 is 13.2. The molecule has 0 amide bonds. The Balaban J connectivity index is 2.32. The molecule has 1 heterocycles. The van der Waals surface area contributed by atoms with Crippen LogP contribution in [-0.2, 0) is 0 Å². The highest BCUT2D eigenvalue weighted by Gasteiger charge is 2.06. The summed E-state index contributed by atoms with van der Waals surface area (Å²) in [6.45, 7) is 1.21. The fraction of sp³-hybridized carbons (Fsp3) is 0.231. The van der Waals surface area contributed by atoms with Crippen molar-refractivity contribution in [2.45, 2.75) is 0 Å². The van der Waals surface area contributed by atoms with Gasteiger partial charge in [0.15, 0.2) is 0 Å². The van der Waals surface area contributed by atoms with Gasteiger partial charge in [-0.25, -0.2) is 14.4 Å². The van der Waals surface area contributed by atoms with Gasteiger partial charge >= 0.3 is 0 Å². The maximum absolute atomic E-state index is 13.2. The van der Waals surface area contributed by atoms with E-state index < -0.39 is 0 Å². The zero-order valence-corrected chi connectivity index (χ0v) is 10.2. The molecule has 1 aromatic heterocycles. The summed E-state index contributed by atoms with van der Waals surface area (Å²) in [6.07, 6.45) is 1.66. The van der Waals surface area contributed by atoms with Crippen LogP contribution in [0.2, 0.25) is 0 Å². The Bertz CT molecular complexity index is 530. The van der Waals surface area contributed by atoms with Gasteiger partial charge in [-0.05, 0) is 18.2 Å². The Morgan fingerprint density at radius 3 is 2.89 bits per heavy atom. The van der Waals surface area contributed by atoms with Gasteiger partial charge in [-0.2, -0.15) is 0 Å². The maximum atomic E-state index is 13.2. The van der Waals surface area contributed by atoms with E-state index >= 15 is 0 Å². The van der Waals surface area contributed by atoms with Gasteiger partial charge in [-0.1, -0.05) is 12.1 Å². The van der Waals surface area contributed by atoms with Crippen LogP contribution >= 0.6 is 0 Å². The first-order valence-electron chi connectivity index (χ1n) is 5.71. The molecule has 2 rings (SSSR count). The molecule has 0 spiro atoms. The lowest BCUT2D eigenvalue weighted by Gasteiger charge is -2.16. The van der Waals surface area contributed by atoms with Crippen molar-refractivity contribution in [1.29, 1.82) is 0 Å². The summed E-state index contributed by atoms with van der Waals surface area (Å²) in [6, 6.07) is 8.10. The SMILES string of the molecule is CN(CCN)c1nccc(-c2cccc(F)c2)n1. The Kier molecular flexibility index (Phi) is 3.84. The predicted octanol–water partition coefficient (Wildman–Crippen LogP) is 1.68. The average Bonchev–Trinajstić information content (AvgIpc) is 2.39. The van der Waals surface area contributed by atoms with E-state index in [9.17, 15) is 4.39 Å². The third-order valence-electron chi connectivity index (χ3n) is 2.57. The van der Waals surface area contributed by atoms with E-state index in [1.165, 1.54) is 12.1 Å². The second-order valence-electron chi connectivity index (χ2n) is 3.96. The molecule has 0 saturated carbocycles. The highest BCUT2D eigenvalue weighted by Crippen LogP contribution is 2.19. The molecule has 18 heavy (non-hydrogen) atoms. The van der Waals surface area contributed by atoms with Gasteiger partial charge < -0.3 is 10.6 Å². The molecule has 0 aliphatic rings. The topological polar surface area (TPSA) is 55.0 Å². The fourth-order valence-corrected chi connectivity index (χ4v) is 1.63. The standard InChI is InChI=1S/C13H15FN4/c1-18(8-6-15)13-16-7-5-12(17-13)10-3-2-4-11(14)9-10/h2-5,7,9H,6,8,15H2,1H3. The normalized spacial score (nSPS) is 10.4. The van der Waals surface area contributed by atoms with Gasteiger partial charge in [0.05, 0.1) is 5.69 Å². The molecule has 4 nitrogen and oxygen atoms in total. The molecule has 0 aliphatic carbocycles. The molecular weight excluding hydrogens is 231 g/mol. The van der Waals surface area contributed by atoms with E-state index in [0.717, 1.165) is 5.56 Å². The Morgan fingerprint density at radius 1 is 1.33 bits per heavy atom. The van der Waals surface area contributed by atoms with Crippen LogP contribution in [0.25, 0.3) is 11.3 Å². The lowest BCUT2D eigenvalue weighted by molar-refractivity contribution is 0.628. The van der Waals surface area contributed by atoms with Crippen molar-refractivity contribution >= 4 is 5.95 Å². The number of anilines is 1. The number of benzene rings is 1. The highest BCUT2D eigenvalue weighted by molar-refractivity contribution is 5.60. The molecule has 0 fully saturated rings. The number of likely N-dealkylation sites (N-methyl/N-ethyl adjacent to an activating group) is 1. The van der Waals surface area contributed by atoms with E-state index in [0.29, 0.717) is 24.7 Å². The minimum Gasteiger partial charge on any atom is -0.343 e. The minimum atomic E-state index is -0.275. The molecule has 0 atom stereocenters. The summed E-state index contributed by atoms with van der Waals surface area (Å²) >= 11 is 0. The molecular formula is C13H15FN4. The van der Waals surface area contributed by atoms with Crippen LogP contribution < -0.4 is 10.6 Å². The van der Waals surface area contributed by atoms with Crippen molar-refractivity contribution in [1.82, 2.24) is 9.97 Å². The van der Waals surface area contributed by atoms with E-state index in [4.69, 9.17) is 5.73 Å². The number of nitrogens with two attached hydrogens (primary N) is 1. The van der Waals surface area contributed by atoms with Crippen molar-refractivity contribution < 1.29 is 4.39 Å². The first-order chi connectivity index (χ1) is 8.70. The number of aromatic nitrogens is 2. The first kappa shape index (κ1) is 12.4. The van der Waals surface area contributed by atoms with Crippen molar-refractivity contribution in [3.63, 3.8) is 0 Å². The summed E-state index contributed by atoms with van der Waals surface area (Å²) in [7, 11) is 1.87. The van der Waals surface area contributed by atoms with E-state index in [1.54, 1.807) is 18.3 Å². The van der Waals surface area contributed by atoms with Gasteiger partial charge in [0, 0.05) is 31.9 Å². The molecule has 94 valence electrons. The van der Waals surface area contributed by atoms with Crippen LogP contribution in [0.15, 0.2) is 36.5 Å². The Labute approximate surface area is 105 Å². The first-order valence-corrected chi connectivity index (χ1v) is 5.71. The summed E-state index contributed by atoms with van der Waals surface area (Å²) in [5.41, 5.74) is 6.92. The van der Waals surface area contributed by atoms with Crippen LogP contribution in [-0.4, -0.2) is 30.1 Å². The van der Waals surface area contributed by atoms with Crippen molar-refractivity contribution in [2.24, 2.45) is 5.73 Å².